The zero-order valence-electron chi connectivity index (χ0n) is 25.2. The third kappa shape index (κ3) is 6.34. The molecular weight excluding hydrogens is 578 g/mol. The van der Waals surface area contributed by atoms with E-state index in [1.807, 2.05) is 38.9 Å². The smallest absolute Gasteiger partial charge is 0.224 e. The van der Waals surface area contributed by atoms with E-state index in [4.69, 9.17) is 0 Å². The van der Waals surface area contributed by atoms with E-state index in [9.17, 15) is 9.18 Å². The van der Waals surface area contributed by atoms with Gasteiger partial charge in [0.25, 0.3) is 0 Å². The average Bonchev–Trinajstić information content (AvgIpc) is 3.61. The second kappa shape index (κ2) is 12.4. The van der Waals surface area contributed by atoms with Gasteiger partial charge in [0.15, 0.2) is 17.1 Å². The molecule has 4 N–H and O–H groups in total. The highest BCUT2D eigenvalue weighted by molar-refractivity contribution is 5.97. The third-order valence-corrected chi connectivity index (χ3v) is 7.17. The first kappa shape index (κ1) is 29.8. The first-order valence-electron chi connectivity index (χ1n) is 14.5. The average molecular weight is 611 g/mol. The molecule has 0 fully saturated rings. The zero-order chi connectivity index (χ0) is 31.7. The second-order valence-corrected chi connectivity index (χ2v) is 11.5. The first-order chi connectivity index (χ1) is 21.7. The van der Waals surface area contributed by atoms with Crippen LogP contribution >= 0.6 is 0 Å². The minimum Gasteiger partial charge on any atom is -0.384 e. The lowest BCUT2D eigenvalue weighted by atomic mass is 10.0. The summed E-state index contributed by atoms with van der Waals surface area (Å²) < 4.78 is 30.9. The Kier molecular flexibility index (Phi) is 8.18. The minimum absolute atomic E-state index is 0.125. The maximum Gasteiger partial charge on any atom is 0.224 e. The number of amides is 1. The fourth-order valence-electron chi connectivity index (χ4n) is 5.10. The Morgan fingerprint density at radius 1 is 0.978 bits per heavy atom. The Morgan fingerprint density at radius 2 is 1.80 bits per heavy atom. The van der Waals surface area contributed by atoms with Crippen molar-refractivity contribution in [1.82, 2.24) is 40.0 Å². The number of carbonyl (C=O) groups excluding carboxylic acids is 1. The van der Waals surface area contributed by atoms with E-state index in [0.29, 0.717) is 58.0 Å². The fraction of sp³-hybridized carbons (Fsp3) is 0.250. The van der Waals surface area contributed by atoms with Gasteiger partial charge in [0, 0.05) is 60.5 Å². The summed E-state index contributed by atoms with van der Waals surface area (Å²) in [7, 11) is 3.94. The number of aromatic nitrogens is 7. The molecule has 0 aliphatic rings. The molecule has 0 unspecified atom stereocenters. The highest BCUT2D eigenvalue weighted by Gasteiger charge is 2.22. The summed E-state index contributed by atoms with van der Waals surface area (Å²) >= 11 is 0. The molecule has 0 saturated heterocycles. The van der Waals surface area contributed by atoms with Crippen LogP contribution in [0.25, 0.3) is 56.0 Å². The molecule has 0 bridgehead atoms. The maximum absolute atomic E-state index is 16.2. The number of carbonyl (C=O) groups is 1. The standard InChI is InChI=1S/C32H32F2N10O/c1-17(2)9-25(45)39-22-12-19(14-35-15-22)24-16-38-30-26(27(24)34)29(42-43-30)32-40-28-23(5-6-37-31(28)41-32)18-10-20(33)13-21(11-18)36-7-8-44(3)4/h5-6,10-17,36H,7-9H2,1-4H3,(H,39,45)(H,37,40,41)(H,38,42,43). The summed E-state index contributed by atoms with van der Waals surface area (Å²) in [5, 5.41) is 13.3. The van der Waals surface area contributed by atoms with Crippen LogP contribution in [-0.4, -0.2) is 73.1 Å². The van der Waals surface area contributed by atoms with Gasteiger partial charge in [0.05, 0.1) is 22.8 Å². The van der Waals surface area contributed by atoms with Crippen LogP contribution in [0.5, 0.6) is 0 Å². The number of nitrogens with one attached hydrogen (secondary N) is 4. The predicted molar refractivity (Wildman–Crippen MR) is 170 cm³/mol. The maximum atomic E-state index is 16.2. The van der Waals surface area contributed by atoms with Gasteiger partial charge < -0.3 is 20.5 Å². The number of pyridine rings is 3. The summed E-state index contributed by atoms with van der Waals surface area (Å²) in [5.41, 5.74) is 4.39. The van der Waals surface area contributed by atoms with Crippen molar-refractivity contribution in [1.29, 1.82) is 0 Å². The van der Waals surface area contributed by atoms with E-state index in [1.54, 1.807) is 18.3 Å². The van der Waals surface area contributed by atoms with Crippen molar-refractivity contribution < 1.29 is 13.6 Å². The van der Waals surface area contributed by atoms with Crippen LogP contribution in [0.15, 0.2) is 55.1 Å². The van der Waals surface area contributed by atoms with Crippen molar-refractivity contribution >= 4 is 39.5 Å². The SMILES string of the molecule is CC(C)CC(=O)Nc1cncc(-c2cnc3n[nH]c(-c4nc5nccc(-c6cc(F)cc(NCCN(C)C)c6)c5[nH]4)c3c2F)c1. The van der Waals surface area contributed by atoms with Gasteiger partial charge in [-0.05, 0) is 55.9 Å². The molecule has 1 aromatic carbocycles. The lowest BCUT2D eigenvalue weighted by molar-refractivity contribution is -0.116. The predicted octanol–water partition coefficient (Wildman–Crippen LogP) is 5.86. The number of halogens is 2. The molecule has 0 aliphatic heterocycles. The number of H-pyrrole nitrogens is 2. The van der Waals surface area contributed by atoms with Crippen molar-refractivity contribution in [3.05, 3.63) is 66.8 Å². The van der Waals surface area contributed by atoms with E-state index in [-0.39, 0.29) is 39.9 Å². The number of rotatable bonds is 10. The summed E-state index contributed by atoms with van der Waals surface area (Å²) in [6.07, 6.45) is 6.34. The third-order valence-electron chi connectivity index (χ3n) is 7.17. The summed E-state index contributed by atoms with van der Waals surface area (Å²) in [4.78, 5) is 35.1. The van der Waals surface area contributed by atoms with Crippen molar-refractivity contribution in [2.75, 3.05) is 37.8 Å². The van der Waals surface area contributed by atoms with Crippen LogP contribution in [-0.2, 0) is 4.79 Å². The second-order valence-electron chi connectivity index (χ2n) is 11.5. The lowest BCUT2D eigenvalue weighted by Crippen LogP contribution is -2.20. The normalized spacial score (nSPS) is 11.6. The lowest BCUT2D eigenvalue weighted by Gasteiger charge is -2.13. The van der Waals surface area contributed by atoms with Crippen LogP contribution in [0, 0.1) is 17.6 Å². The molecule has 0 spiro atoms. The molecule has 6 rings (SSSR count). The highest BCUT2D eigenvalue weighted by atomic mass is 19.1. The van der Waals surface area contributed by atoms with E-state index in [0.717, 1.165) is 6.54 Å². The van der Waals surface area contributed by atoms with Crippen molar-refractivity contribution in [3.63, 3.8) is 0 Å². The van der Waals surface area contributed by atoms with E-state index in [2.05, 4.69) is 45.8 Å². The molecule has 0 saturated carbocycles. The Bertz CT molecular complexity index is 2020. The number of benzene rings is 1. The summed E-state index contributed by atoms with van der Waals surface area (Å²) in [6.45, 7) is 5.35. The monoisotopic (exact) mass is 610 g/mol. The molecule has 13 heteroatoms. The van der Waals surface area contributed by atoms with Gasteiger partial charge >= 0.3 is 0 Å². The summed E-state index contributed by atoms with van der Waals surface area (Å²) in [6, 6.07) is 8.18. The highest BCUT2D eigenvalue weighted by Crippen LogP contribution is 2.35. The van der Waals surface area contributed by atoms with E-state index in [1.165, 1.54) is 30.7 Å². The molecule has 0 atom stereocenters. The number of fused-ring (bicyclic) bond motifs is 2. The quantitative estimate of drug-likeness (QED) is 0.151. The molecule has 0 radical (unpaired) electrons. The van der Waals surface area contributed by atoms with Crippen LogP contribution in [0.1, 0.15) is 20.3 Å². The molecule has 6 aromatic rings. The Morgan fingerprint density at radius 3 is 2.60 bits per heavy atom. The number of likely N-dealkylation sites (N-methyl/N-ethyl adjacent to an activating group) is 1. The molecular formula is C32H32F2N10O. The van der Waals surface area contributed by atoms with Gasteiger partial charge in [-0.3, -0.25) is 14.9 Å². The van der Waals surface area contributed by atoms with Crippen molar-refractivity contribution in [2.45, 2.75) is 20.3 Å². The number of hydrogen-bond acceptors (Lipinski definition) is 8. The Hall–Kier alpha value is -5.30. The number of hydrogen-bond donors (Lipinski definition) is 4. The van der Waals surface area contributed by atoms with Crippen LogP contribution in [0.4, 0.5) is 20.2 Å². The van der Waals surface area contributed by atoms with Crippen molar-refractivity contribution in [3.8, 4) is 33.8 Å². The molecule has 11 nitrogen and oxygen atoms in total. The fourth-order valence-corrected chi connectivity index (χ4v) is 5.10. The molecule has 5 heterocycles. The van der Waals surface area contributed by atoms with E-state index >= 15 is 4.39 Å². The van der Waals surface area contributed by atoms with Gasteiger partial charge in [-0.15, -0.1) is 0 Å². The minimum atomic E-state index is -0.580. The van der Waals surface area contributed by atoms with Crippen LogP contribution in [0.2, 0.25) is 0 Å². The Balaban J connectivity index is 1.37. The van der Waals surface area contributed by atoms with Gasteiger partial charge in [0.2, 0.25) is 5.91 Å². The van der Waals surface area contributed by atoms with Crippen LogP contribution < -0.4 is 10.6 Å². The molecule has 1 amide bonds. The largest absolute Gasteiger partial charge is 0.384 e. The molecule has 230 valence electrons. The number of anilines is 2. The number of aromatic amines is 2. The Labute approximate surface area is 257 Å². The zero-order valence-corrected chi connectivity index (χ0v) is 25.2. The summed E-state index contributed by atoms with van der Waals surface area (Å²) in [5.74, 6) is -0.635. The molecule has 0 aliphatic carbocycles. The topological polar surface area (TPSA) is 140 Å². The van der Waals surface area contributed by atoms with Gasteiger partial charge in [-0.1, -0.05) is 13.8 Å². The van der Waals surface area contributed by atoms with E-state index < -0.39 is 5.82 Å². The van der Waals surface area contributed by atoms with Crippen molar-refractivity contribution in [2.24, 2.45) is 5.92 Å². The van der Waals surface area contributed by atoms with Gasteiger partial charge in [-0.25, -0.2) is 23.7 Å². The first-order valence-corrected chi connectivity index (χ1v) is 14.5. The number of nitrogens with zero attached hydrogens (tertiary/aromatic N) is 6. The number of imidazole rings is 1. The molecule has 5 aromatic heterocycles. The molecule has 45 heavy (non-hydrogen) atoms. The van der Waals surface area contributed by atoms with Gasteiger partial charge in [-0.2, -0.15) is 5.10 Å². The van der Waals surface area contributed by atoms with Crippen LogP contribution in [0.3, 0.4) is 0 Å². The van der Waals surface area contributed by atoms with Gasteiger partial charge in [0.1, 0.15) is 17.3 Å².